The van der Waals surface area contributed by atoms with Crippen molar-refractivity contribution in [1.29, 1.82) is 0 Å². The van der Waals surface area contributed by atoms with Crippen molar-refractivity contribution in [3.8, 4) is 24.0 Å². The highest BCUT2D eigenvalue weighted by Gasteiger charge is 2.29. The molecule has 5 rings (SSSR count). The van der Waals surface area contributed by atoms with Crippen LogP contribution in [0.15, 0.2) is 66.9 Å². The van der Waals surface area contributed by atoms with E-state index in [1.807, 2.05) is 45.0 Å². The van der Waals surface area contributed by atoms with Gasteiger partial charge in [-0.2, -0.15) is 4.98 Å². The average molecular weight is 609 g/mol. The number of anilines is 3. The molecule has 45 heavy (non-hydrogen) atoms. The number of carbonyl (C=O) groups excluding carboxylic acids is 1. The molecule has 1 aliphatic heterocycles. The number of carbonyl (C=O) groups is 2. The summed E-state index contributed by atoms with van der Waals surface area (Å²) < 4.78 is 11.6. The Morgan fingerprint density at radius 1 is 1.09 bits per heavy atom. The number of fused-ring (bicyclic) bond motifs is 1. The van der Waals surface area contributed by atoms with Crippen molar-refractivity contribution in [3.05, 3.63) is 78.0 Å². The summed E-state index contributed by atoms with van der Waals surface area (Å²) in [5.41, 5.74) is 1.39. The van der Waals surface area contributed by atoms with E-state index < -0.39 is 11.6 Å². The number of morpholine rings is 1. The van der Waals surface area contributed by atoms with E-state index in [0.717, 1.165) is 30.4 Å². The summed E-state index contributed by atoms with van der Waals surface area (Å²) in [4.78, 5) is 37.5. The Morgan fingerprint density at radius 2 is 1.84 bits per heavy atom. The molecule has 2 amide bonds. The molecule has 11 nitrogen and oxygen atoms in total. The standard InChI is InChI=1S/C34H36N6O5/c1-5-23-20-24(31(41)35-14-15-39-16-18-44-19-17-39)22-25(21-23)37-32-36-13-12-30(38-32)45-29-11-10-28(26-8-6-7-9-27(26)29)40(33(42)43)34(2,3)4/h1,6-13,20-22H,14-19H2,2-4H3,(H,35,41)(H,42,43)(H,36,37,38). The molecule has 11 heteroatoms. The highest BCUT2D eigenvalue weighted by Crippen LogP contribution is 2.38. The molecule has 1 fully saturated rings. The Hall–Kier alpha value is -5.18. The molecule has 232 valence electrons. The van der Waals surface area contributed by atoms with Crippen LogP contribution in [0, 0.1) is 12.3 Å². The van der Waals surface area contributed by atoms with Crippen LogP contribution in [0.3, 0.4) is 0 Å². The van der Waals surface area contributed by atoms with E-state index in [1.54, 1.807) is 42.6 Å². The lowest BCUT2D eigenvalue weighted by atomic mass is 10.0. The average Bonchev–Trinajstić information content (AvgIpc) is 3.02. The van der Waals surface area contributed by atoms with Gasteiger partial charge in [0.05, 0.1) is 18.9 Å². The van der Waals surface area contributed by atoms with E-state index in [0.29, 0.717) is 48.0 Å². The van der Waals surface area contributed by atoms with Gasteiger partial charge in [0.25, 0.3) is 5.91 Å². The number of amides is 2. The van der Waals surface area contributed by atoms with Crippen molar-refractivity contribution in [2.24, 2.45) is 0 Å². The van der Waals surface area contributed by atoms with E-state index in [9.17, 15) is 14.7 Å². The summed E-state index contributed by atoms with van der Waals surface area (Å²) in [5, 5.41) is 17.5. The molecule has 0 aliphatic carbocycles. The third-order valence-electron chi connectivity index (χ3n) is 7.24. The van der Waals surface area contributed by atoms with Crippen LogP contribution >= 0.6 is 0 Å². The zero-order chi connectivity index (χ0) is 32.0. The topological polar surface area (TPSA) is 129 Å². The van der Waals surface area contributed by atoms with Gasteiger partial charge in [-0.3, -0.25) is 14.6 Å². The van der Waals surface area contributed by atoms with E-state index in [-0.39, 0.29) is 17.7 Å². The fourth-order valence-corrected chi connectivity index (χ4v) is 5.16. The SMILES string of the molecule is C#Cc1cc(Nc2nccc(Oc3ccc(N(C(=O)O)C(C)(C)C)c4ccccc34)n2)cc(C(=O)NCCN2CCOCC2)c1. The first-order chi connectivity index (χ1) is 21.6. The van der Waals surface area contributed by atoms with Crippen molar-refractivity contribution in [2.45, 2.75) is 26.3 Å². The maximum Gasteiger partial charge on any atom is 0.412 e. The van der Waals surface area contributed by atoms with Crippen molar-refractivity contribution in [3.63, 3.8) is 0 Å². The second-order valence-electron chi connectivity index (χ2n) is 11.5. The van der Waals surface area contributed by atoms with Crippen LogP contribution in [0.2, 0.25) is 0 Å². The molecular weight excluding hydrogens is 572 g/mol. The van der Waals surface area contributed by atoms with E-state index >= 15 is 0 Å². The predicted octanol–water partition coefficient (Wildman–Crippen LogP) is 5.49. The third kappa shape index (κ3) is 7.67. The monoisotopic (exact) mass is 608 g/mol. The van der Waals surface area contributed by atoms with Gasteiger partial charge < -0.3 is 25.2 Å². The zero-order valence-corrected chi connectivity index (χ0v) is 25.5. The van der Waals surface area contributed by atoms with Gasteiger partial charge in [0.15, 0.2) is 0 Å². The summed E-state index contributed by atoms with van der Waals surface area (Å²) in [6.45, 7) is 9.88. The summed E-state index contributed by atoms with van der Waals surface area (Å²) >= 11 is 0. The van der Waals surface area contributed by atoms with Gasteiger partial charge >= 0.3 is 6.09 Å². The van der Waals surface area contributed by atoms with Crippen LogP contribution in [0.25, 0.3) is 10.8 Å². The van der Waals surface area contributed by atoms with Crippen LogP contribution in [-0.4, -0.2) is 76.9 Å². The minimum Gasteiger partial charge on any atom is -0.465 e. The van der Waals surface area contributed by atoms with Crippen LogP contribution in [0.1, 0.15) is 36.7 Å². The lowest BCUT2D eigenvalue weighted by molar-refractivity contribution is 0.0383. The Morgan fingerprint density at radius 3 is 2.56 bits per heavy atom. The van der Waals surface area contributed by atoms with Crippen LogP contribution in [-0.2, 0) is 4.74 Å². The molecule has 3 N–H and O–H groups in total. The first kappa shape index (κ1) is 31.3. The van der Waals surface area contributed by atoms with Crippen LogP contribution in [0.5, 0.6) is 11.6 Å². The van der Waals surface area contributed by atoms with Gasteiger partial charge in [0.1, 0.15) is 5.75 Å². The van der Waals surface area contributed by atoms with Crippen molar-refractivity contribution >= 4 is 40.1 Å². The molecule has 3 aromatic carbocycles. The molecule has 1 aromatic heterocycles. The number of hydrogen-bond acceptors (Lipinski definition) is 8. The number of benzene rings is 3. The Bertz CT molecular complexity index is 1740. The van der Waals surface area contributed by atoms with Gasteiger partial charge in [-0.15, -0.1) is 6.42 Å². The highest BCUT2D eigenvalue weighted by molar-refractivity contribution is 6.04. The molecule has 2 heterocycles. The molecule has 1 aliphatic rings. The number of terminal acetylenes is 1. The number of nitrogens with zero attached hydrogens (tertiary/aromatic N) is 4. The molecule has 4 aromatic rings. The maximum atomic E-state index is 12.9. The first-order valence-electron chi connectivity index (χ1n) is 14.7. The van der Waals surface area contributed by atoms with Gasteiger partial charge in [-0.25, -0.2) is 9.78 Å². The van der Waals surface area contributed by atoms with Gasteiger partial charge in [0.2, 0.25) is 11.8 Å². The normalized spacial score (nSPS) is 13.6. The third-order valence-corrected chi connectivity index (χ3v) is 7.24. The summed E-state index contributed by atoms with van der Waals surface area (Å²) in [7, 11) is 0. The molecule has 0 atom stereocenters. The second-order valence-corrected chi connectivity index (χ2v) is 11.5. The van der Waals surface area contributed by atoms with Crippen LogP contribution < -0.4 is 20.3 Å². The van der Waals surface area contributed by atoms with E-state index in [4.69, 9.17) is 15.9 Å². The Balaban J connectivity index is 1.33. The van der Waals surface area contributed by atoms with Gasteiger partial charge in [0, 0.05) is 71.6 Å². The number of ether oxygens (including phenoxy) is 2. The molecule has 0 saturated carbocycles. The van der Waals surface area contributed by atoms with Crippen molar-refractivity contribution < 1.29 is 24.2 Å². The fraction of sp³-hybridized carbons (Fsp3) is 0.294. The number of hydrogen-bond donors (Lipinski definition) is 3. The number of aromatic nitrogens is 2. The number of carboxylic acid groups (broad SMARTS) is 1. The smallest absolute Gasteiger partial charge is 0.412 e. The van der Waals surface area contributed by atoms with Gasteiger partial charge in [-0.05, 0) is 51.1 Å². The fourth-order valence-electron chi connectivity index (χ4n) is 5.16. The second kappa shape index (κ2) is 13.6. The van der Waals surface area contributed by atoms with Crippen LogP contribution in [0.4, 0.5) is 22.1 Å². The summed E-state index contributed by atoms with van der Waals surface area (Å²) in [5.74, 6) is 3.38. The quantitative estimate of drug-likeness (QED) is 0.211. The maximum absolute atomic E-state index is 12.9. The minimum absolute atomic E-state index is 0.232. The minimum atomic E-state index is -1.05. The van der Waals surface area contributed by atoms with Crippen molar-refractivity contribution in [1.82, 2.24) is 20.2 Å². The molecule has 0 unspecified atom stereocenters. The lowest BCUT2D eigenvalue weighted by Crippen LogP contribution is -2.45. The highest BCUT2D eigenvalue weighted by atomic mass is 16.5. The Kier molecular flexibility index (Phi) is 9.47. The van der Waals surface area contributed by atoms with E-state index in [1.165, 1.54) is 4.90 Å². The van der Waals surface area contributed by atoms with Crippen molar-refractivity contribution in [2.75, 3.05) is 49.6 Å². The van der Waals surface area contributed by atoms with E-state index in [2.05, 4.69) is 31.4 Å². The summed E-state index contributed by atoms with van der Waals surface area (Å²) in [6.07, 6.45) is 6.20. The molecule has 0 radical (unpaired) electrons. The molecule has 0 bridgehead atoms. The first-order valence-corrected chi connectivity index (χ1v) is 14.7. The number of rotatable bonds is 9. The molecular formula is C34H36N6O5. The zero-order valence-electron chi connectivity index (χ0n) is 25.5. The predicted molar refractivity (Wildman–Crippen MR) is 174 cm³/mol. The lowest BCUT2D eigenvalue weighted by Gasteiger charge is -2.34. The largest absolute Gasteiger partial charge is 0.465 e. The molecule has 0 spiro atoms. The van der Waals surface area contributed by atoms with Gasteiger partial charge in [-0.1, -0.05) is 30.2 Å². The Labute approximate surface area is 262 Å². The summed E-state index contributed by atoms with van der Waals surface area (Å²) in [6, 6.07) is 17.6. The number of nitrogens with one attached hydrogen (secondary N) is 2. The molecule has 1 saturated heterocycles.